The first-order chi connectivity index (χ1) is 13.8. The number of hydrogen-bond acceptors (Lipinski definition) is 5. The number of halogens is 4. The van der Waals surface area contributed by atoms with Crippen molar-refractivity contribution in [3.05, 3.63) is 46.5 Å². The van der Waals surface area contributed by atoms with Crippen LogP contribution in [-0.2, 0) is 11.3 Å². The predicted octanol–water partition coefficient (Wildman–Crippen LogP) is 3.08. The molecule has 156 valence electrons. The van der Waals surface area contributed by atoms with Gasteiger partial charge in [-0.2, -0.15) is 18.2 Å². The number of aromatic nitrogens is 2. The number of anilines is 3. The highest BCUT2D eigenvalue weighted by atomic mass is 19.4. The summed E-state index contributed by atoms with van der Waals surface area (Å²) in [6.45, 7) is 3.11. The zero-order valence-corrected chi connectivity index (χ0v) is 15.7. The van der Waals surface area contributed by atoms with Crippen LogP contribution in [0.15, 0.2) is 35.1 Å². The summed E-state index contributed by atoms with van der Waals surface area (Å²) in [6.07, 6.45) is -4.90. The van der Waals surface area contributed by atoms with E-state index < -0.39 is 23.6 Å². The van der Waals surface area contributed by atoms with E-state index in [2.05, 4.69) is 4.98 Å². The lowest BCUT2D eigenvalue weighted by Gasteiger charge is -2.40. The standard InChI is InChI=1S/C19H20F4N4O2/c1-12-11-29-8-7-25(12)16-10-17(28)26-6-5-15(19(21,22)23)27(18(26)24-16)14-4-2-3-13(20)9-14/h2-4,9-10,12,15H,5-8,11H2,1H3/t12-,15+/m1/s1. The Kier molecular flexibility index (Phi) is 4.97. The Bertz CT molecular complexity index is 962. The lowest BCUT2D eigenvalue weighted by Crippen LogP contribution is -2.51. The number of fused-ring (bicyclic) bond motifs is 1. The lowest BCUT2D eigenvalue weighted by molar-refractivity contribution is -0.150. The molecule has 0 saturated carbocycles. The van der Waals surface area contributed by atoms with Gasteiger partial charge >= 0.3 is 6.18 Å². The molecule has 1 aromatic carbocycles. The molecule has 0 N–H and O–H groups in total. The SMILES string of the molecule is C[C@@H]1COCCN1c1cc(=O)n2c(n1)N(c1cccc(F)c1)[C@H](C(F)(F)F)CC2. The molecule has 1 fully saturated rings. The third-order valence-electron chi connectivity index (χ3n) is 5.25. The molecule has 0 bridgehead atoms. The van der Waals surface area contributed by atoms with Crippen molar-refractivity contribution in [3.63, 3.8) is 0 Å². The summed E-state index contributed by atoms with van der Waals surface area (Å²) in [4.78, 5) is 19.9. The van der Waals surface area contributed by atoms with E-state index in [-0.39, 0.29) is 30.6 Å². The lowest BCUT2D eigenvalue weighted by atomic mass is 10.1. The van der Waals surface area contributed by atoms with Crippen LogP contribution >= 0.6 is 0 Å². The van der Waals surface area contributed by atoms with Crippen LogP contribution in [-0.4, -0.2) is 47.6 Å². The minimum absolute atomic E-state index is 0.000138. The highest BCUT2D eigenvalue weighted by Gasteiger charge is 2.47. The van der Waals surface area contributed by atoms with E-state index in [4.69, 9.17) is 4.74 Å². The van der Waals surface area contributed by atoms with Crippen molar-refractivity contribution in [2.75, 3.05) is 29.6 Å². The fourth-order valence-electron chi connectivity index (χ4n) is 3.84. The molecule has 0 radical (unpaired) electrons. The topological polar surface area (TPSA) is 50.6 Å². The Labute approximate surface area is 164 Å². The summed E-state index contributed by atoms with van der Waals surface area (Å²) < 4.78 is 61.8. The first-order valence-corrected chi connectivity index (χ1v) is 9.33. The quantitative estimate of drug-likeness (QED) is 0.710. The molecule has 1 aromatic heterocycles. The van der Waals surface area contributed by atoms with E-state index in [9.17, 15) is 22.4 Å². The monoisotopic (exact) mass is 412 g/mol. The predicted molar refractivity (Wildman–Crippen MR) is 99.1 cm³/mol. The molecular weight excluding hydrogens is 392 g/mol. The third kappa shape index (κ3) is 3.68. The van der Waals surface area contributed by atoms with Gasteiger partial charge in [-0.3, -0.25) is 14.3 Å². The number of ether oxygens (including phenoxy) is 1. The van der Waals surface area contributed by atoms with Gasteiger partial charge in [0.15, 0.2) is 0 Å². The summed E-state index contributed by atoms with van der Waals surface area (Å²) in [7, 11) is 0. The molecule has 0 aliphatic carbocycles. The molecule has 4 rings (SSSR count). The highest BCUT2D eigenvalue weighted by molar-refractivity contribution is 5.61. The van der Waals surface area contributed by atoms with Gasteiger partial charge in [-0.15, -0.1) is 0 Å². The number of morpholine rings is 1. The van der Waals surface area contributed by atoms with Crippen LogP contribution in [0.25, 0.3) is 0 Å². The smallest absolute Gasteiger partial charge is 0.377 e. The van der Waals surface area contributed by atoms with Gasteiger partial charge in [-0.1, -0.05) is 6.07 Å². The Morgan fingerprint density at radius 2 is 2.00 bits per heavy atom. The van der Waals surface area contributed by atoms with Crippen LogP contribution < -0.4 is 15.4 Å². The van der Waals surface area contributed by atoms with Gasteiger partial charge in [0.1, 0.15) is 17.7 Å². The van der Waals surface area contributed by atoms with E-state index >= 15 is 0 Å². The van der Waals surface area contributed by atoms with Crippen LogP contribution in [0.2, 0.25) is 0 Å². The van der Waals surface area contributed by atoms with Gasteiger partial charge < -0.3 is 9.64 Å². The number of benzene rings is 1. The van der Waals surface area contributed by atoms with Crippen molar-refractivity contribution in [1.29, 1.82) is 0 Å². The van der Waals surface area contributed by atoms with Crippen molar-refractivity contribution in [3.8, 4) is 0 Å². The Balaban J connectivity index is 1.87. The molecular formula is C19H20F4N4O2. The van der Waals surface area contributed by atoms with Crippen molar-refractivity contribution in [1.82, 2.24) is 9.55 Å². The van der Waals surface area contributed by atoms with Crippen LogP contribution in [0.3, 0.4) is 0 Å². The molecule has 2 atom stereocenters. The van der Waals surface area contributed by atoms with Gasteiger partial charge in [-0.25, -0.2) is 4.39 Å². The Hall–Kier alpha value is -2.62. The second-order valence-corrected chi connectivity index (χ2v) is 7.22. The summed E-state index contributed by atoms with van der Waals surface area (Å²) in [6, 6.07) is 4.24. The zero-order valence-electron chi connectivity index (χ0n) is 15.7. The van der Waals surface area contributed by atoms with Gasteiger partial charge in [-0.05, 0) is 31.5 Å². The molecule has 29 heavy (non-hydrogen) atoms. The molecule has 2 aliphatic rings. The van der Waals surface area contributed by atoms with Gasteiger partial charge in [0.25, 0.3) is 5.56 Å². The number of rotatable bonds is 2. The van der Waals surface area contributed by atoms with Crippen LogP contribution in [0, 0.1) is 5.82 Å². The van der Waals surface area contributed by atoms with Crippen LogP contribution in [0.1, 0.15) is 13.3 Å². The number of hydrogen-bond donors (Lipinski definition) is 0. The first-order valence-electron chi connectivity index (χ1n) is 9.33. The molecule has 2 aromatic rings. The van der Waals surface area contributed by atoms with E-state index in [1.807, 2.05) is 11.8 Å². The third-order valence-corrected chi connectivity index (χ3v) is 5.25. The normalized spacial score (nSPS) is 22.5. The van der Waals surface area contributed by atoms with E-state index in [1.165, 1.54) is 22.8 Å². The summed E-state index contributed by atoms with van der Waals surface area (Å²) in [5.74, 6) is -0.507. The molecule has 2 aliphatic heterocycles. The molecule has 3 heterocycles. The molecule has 0 spiro atoms. The molecule has 0 unspecified atom stereocenters. The fourth-order valence-corrected chi connectivity index (χ4v) is 3.84. The van der Waals surface area contributed by atoms with Crippen molar-refractivity contribution in [2.24, 2.45) is 0 Å². The summed E-state index contributed by atoms with van der Waals surface area (Å²) >= 11 is 0. The highest BCUT2D eigenvalue weighted by Crippen LogP contribution is 2.39. The minimum atomic E-state index is -4.57. The first kappa shape index (κ1) is 19.7. The second-order valence-electron chi connectivity index (χ2n) is 7.22. The van der Waals surface area contributed by atoms with Gasteiger partial charge in [0, 0.05) is 24.8 Å². The maximum absolute atomic E-state index is 13.8. The Morgan fingerprint density at radius 1 is 1.21 bits per heavy atom. The molecule has 10 heteroatoms. The second kappa shape index (κ2) is 7.33. The van der Waals surface area contributed by atoms with E-state index in [1.54, 1.807) is 0 Å². The zero-order chi connectivity index (χ0) is 20.8. The van der Waals surface area contributed by atoms with Crippen molar-refractivity contribution < 1.29 is 22.3 Å². The minimum Gasteiger partial charge on any atom is -0.377 e. The molecule has 6 nitrogen and oxygen atoms in total. The van der Waals surface area contributed by atoms with Crippen molar-refractivity contribution >= 4 is 17.5 Å². The summed E-state index contributed by atoms with van der Waals surface area (Å²) in [5.41, 5.74) is -0.439. The fraction of sp³-hybridized carbons (Fsp3) is 0.474. The average molecular weight is 412 g/mol. The van der Waals surface area contributed by atoms with Crippen LogP contribution in [0.4, 0.5) is 35.0 Å². The Morgan fingerprint density at radius 3 is 2.69 bits per heavy atom. The van der Waals surface area contributed by atoms with Gasteiger partial charge in [0.05, 0.1) is 19.3 Å². The molecule has 0 amide bonds. The maximum Gasteiger partial charge on any atom is 0.409 e. The number of nitrogens with zero attached hydrogens (tertiary/aromatic N) is 4. The van der Waals surface area contributed by atoms with Crippen LogP contribution in [0.5, 0.6) is 0 Å². The number of alkyl halides is 3. The van der Waals surface area contributed by atoms with E-state index in [0.717, 1.165) is 17.0 Å². The summed E-state index contributed by atoms with van der Waals surface area (Å²) in [5, 5.41) is 0. The average Bonchev–Trinajstić information content (AvgIpc) is 2.66. The van der Waals surface area contributed by atoms with Crippen molar-refractivity contribution in [2.45, 2.75) is 38.1 Å². The van der Waals surface area contributed by atoms with E-state index in [0.29, 0.717) is 25.6 Å². The maximum atomic E-state index is 13.8. The van der Waals surface area contributed by atoms with Gasteiger partial charge in [0.2, 0.25) is 5.95 Å². The molecule has 1 saturated heterocycles. The largest absolute Gasteiger partial charge is 0.409 e.